The molecule has 0 spiro atoms. The zero-order valence-electron chi connectivity index (χ0n) is 14.3. The molecule has 1 fully saturated rings. The van der Waals surface area contributed by atoms with E-state index in [2.05, 4.69) is 10.3 Å². The van der Waals surface area contributed by atoms with Crippen molar-refractivity contribution < 1.29 is 13.6 Å². The molecular formula is C20H20F2N2O2. The van der Waals surface area contributed by atoms with Crippen molar-refractivity contribution in [3.8, 4) is 0 Å². The predicted octanol–water partition coefficient (Wildman–Crippen LogP) is 3.27. The van der Waals surface area contributed by atoms with Gasteiger partial charge in [0.2, 0.25) is 11.5 Å². The van der Waals surface area contributed by atoms with Crippen molar-refractivity contribution in [2.45, 2.75) is 50.0 Å². The second-order valence-corrected chi connectivity index (χ2v) is 7.23. The zero-order chi connectivity index (χ0) is 18.3. The molecule has 136 valence electrons. The Morgan fingerprint density at radius 2 is 1.96 bits per heavy atom. The van der Waals surface area contributed by atoms with E-state index in [1.54, 1.807) is 6.07 Å². The second-order valence-electron chi connectivity index (χ2n) is 7.23. The normalized spacial score (nSPS) is 20.8. The van der Waals surface area contributed by atoms with Crippen molar-refractivity contribution in [2.24, 2.45) is 0 Å². The Morgan fingerprint density at radius 1 is 1.15 bits per heavy atom. The first-order valence-corrected chi connectivity index (χ1v) is 8.98. The molecule has 2 aliphatic rings. The molecule has 1 saturated carbocycles. The maximum atomic E-state index is 14.3. The molecule has 2 N–H and O–H groups in total. The maximum absolute atomic E-state index is 14.3. The molecule has 0 radical (unpaired) electrons. The number of aromatic amines is 1. The van der Waals surface area contributed by atoms with Gasteiger partial charge in [0.05, 0.1) is 11.5 Å². The van der Waals surface area contributed by atoms with E-state index in [1.165, 1.54) is 18.2 Å². The van der Waals surface area contributed by atoms with Crippen LogP contribution in [-0.4, -0.2) is 10.9 Å². The molecule has 1 heterocycles. The lowest BCUT2D eigenvalue weighted by Gasteiger charge is -2.42. The van der Waals surface area contributed by atoms with Gasteiger partial charge in [-0.15, -0.1) is 0 Å². The maximum Gasteiger partial charge on any atom is 0.248 e. The summed E-state index contributed by atoms with van der Waals surface area (Å²) in [6, 6.07) is 6.43. The monoisotopic (exact) mass is 358 g/mol. The van der Waals surface area contributed by atoms with Crippen LogP contribution < -0.4 is 10.9 Å². The number of rotatable bonds is 3. The number of halogens is 2. The summed E-state index contributed by atoms with van der Waals surface area (Å²) < 4.78 is 27.6. The summed E-state index contributed by atoms with van der Waals surface area (Å²) in [7, 11) is 0. The van der Waals surface area contributed by atoms with Gasteiger partial charge in [0.15, 0.2) is 0 Å². The van der Waals surface area contributed by atoms with Crippen molar-refractivity contribution in [2.75, 3.05) is 0 Å². The van der Waals surface area contributed by atoms with Crippen LogP contribution >= 0.6 is 0 Å². The van der Waals surface area contributed by atoms with Gasteiger partial charge >= 0.3 is 0 Å². The lowest BCUT2D eigenvalue weighted by molar-refractivity contribution is -0.131. The standard InChI is InChI=1S/C20H20F2N2O2/c21-12-5-7-14(15(22)11-12)20(9-2-10-20)19(26)24-17-4-1-3-16-13(17)6-8-18(25)23-16/h5-8,11,17H,1-4,9-10H2,(H,23,25)(H,24,26). The van der Waals surface area contributed by atoms with E-state index >= 15 is 0 Å². The lowest BCUT2D eigenvalue weighted by atomic mass is 9.63. The molecule has 6 heteroatoms. The molecule has 1 aromatic carbocycles. The van der Waals surface area contributed by atoms with Crippen LogP contribution in [0.4, 0.5) is 8.78 Å². The molecule has 0 aliphatic heterocycles. The highest BCUT2D eigenvalue weighted by molar-refractivity contribution is 5.89. The fraction of sp³-hybridized carbons (Fsp3) is 0.400. The van der Waals surface area contributed by atoms with E-state index in [0.29, 0.717) is 12.8 Å². The average Bonchev–Trinajstić information content (AvgIpc) is 2.55. The summed E-state index contributed by atoms with van der Waals surface area (Å²) in [5.74, 6) is -1.54. The van der Waals surface area contributed by atoms with Crippen LogP contribution in [0.1, 0.15) is 55.0 Å². The van der Waals surface area contributed by atoms with Crippen molar-refractivity contribution in [1.29, 1.82) is 0 Å². The Balaban J connectivity index is 1.63. The van der Waals surface area contributed by atoms with E-state index in [4.69, 9.17) is 0 Å². The number of amides is 1. The quantitative estimate of drug-likeness (QED) is 0.885. The third kappa shape index (κ3) is 2.73. The fourth-order valence-corrected chi connectivity index (χ4v) is 4.17. The SMILES string of the molecule is O=C(NC1CCCc2[nH]c(=O)ccc21)C1(c2ccc(F)cc2F)CCC1. The minimum Gasteiger partial charge on any atom is -0.348 e. The summed E-state index contributed by atoms with van der Waals surface area (Å²) in [5, 5.41) is 3.06. The van der Waals surface area contributed by atoms with Crippen LogP contribution in [0.15, 0.2) is 35.1 Å². The highest BCUT2D eigenvalue weighted by Gasteiger charge is 2.48. The number of aryl methyl sites for hydroxylation is 1. The summed E-state index contributed by atoms with van der Waals surface area (Å²) in [5.41, 5.74) is 0.944. The fourth-order valence-electron chi connectivity index (χ4n) is 4.17. The zero-order valence-corrected chi connectivity index (χ0v) is 14.3. The Labute approximate surface area is 149 Å². The molecule has 0 bridgehead atoms. The first-order chi connectivity index (χ1) is 12.5. The Bertz CT molecular complexity index is 918. The van der Waals surface area contributed by atoms with Gasteiger partial charge in [-0.05, 0) is 49.8 Å². The number of carbonyl (C=O) groups is 1. The molecule has 1 amide bonds. The number of benzene rings is 1. The van der Waals surface area contributed by atoms with Crippen molar-refractivity contribution >= 4 is 5.91 Å². The topological polar surface area (TPSA) is 62.0 Å². The second kappa shape index (κ2) is 6.34. The van der Waals surface area contributed by atoms with Crippen LogP contribution in [0.3, 0.4) is 0 Å². The summed E-state index contributed by atoms with van der Waals surface area (Å²) in [6.07, 6.45) is 4.33. The van der Waals surface area contributed by atoms with Gasteiger partial charge < -0.3 is 10.3 Å². The Hall–Kier alpha value is -2.50. The Kier molecular flexibility index (Phi) is 4.13. The third-order valence-electron chi connectivity index (χ3n) is 5.73. The first kappa shape index (κ1) is 16.9. The smallest absolute Gasteiger partial charge is 0.248 e. The molecule has 26 heavy (non-hydrogen) atoms. The van der Waals surface area contributed by atoms with Gasteiger partial charge in [0.1, 0.15) is 11.6 Å². The molecule has 1 unspecified atom stereocenters. The number of hydrogen-bond donors (Lipinski definition) is 2. The van der Waals surface area contributed by atoms with Crippen LogP contribution in [0.2, 0.25) is 0 Å². The van der Waals surface area contributed by atoms with Gasteiger partial charge in [0.25, 0.3) is 0 Å². The number of fused-ring (bicyclic) bond motifs is 1. The van der Waals surface area contributed by atoms with Gasteiger partial charge in [-0.25, -0.2) is 8.78 Å². The summed E-state index contributed by atoms with van der Waals surface area (Å²) in [4.78, 5) is 27.4. The van der Waals surface area contributed by atoms with E-state index in [-0.39, 0.29) is 23.1 Å². The first-order valence-electron chi connectivity index (χ1n) is 8.98. The molecule has 4 rings (SSSR count). The lowest BCUT2D eigenvalue weighted by Crippen LogP contribution is -2.51. The van der Waals surface area contributed by atoms with Gasteiger partial charge in [-0.1, -0.05) is 12.5 Å². The minimum atomic E-state index is -0.933. The van der Waals surface area contributed by atoms with Crippen LogP contribution in [0, 0.1) is 11.6 Å². The largest absolute Gasteiger partial charge is 0.348 e. The minimum absolute atomic E-state index is 0.153. The average molecular weight is 358 g/mol. The van der Waals surface area contributed by atoms with Crippen molar-refractivity contribution in [3.05, 3.63) is 69.1 Å². The van der Waals surface area contributed by atoms with Gasteiger partial charge in [-0.3, -0.25) is 9.59 Å². The van der Waals surface area contributed by atoms with Gasteiger partial charge in [0, 0.05) is 23.4 Å². The molecule has 0 saturated heterocycles. The number of carbonyl (C=O) groups excluding carboxylic acids is 1. The van der Waals surface area contributed by atoms with Crippen molar-refractivity contribution in [3.63, 3.8) is 0 Å². The molecule has 4 nitrogen and oxygen atoms in total. The number of nitrogens with one attached hydrogen (secondary N) is 2. The number of H-pyrrole nitrogens is 1. The van der Waals surface area contributed by atoms with E-state index in [9.17, 15) is 18.4 Å². The molecule has 2 aromatic rings. The van der Waals surface area contributed by atoms with Crippen LogP contribution in [-0.2, 0) is 16.6 Å². The van der Waals surface area contributed by atoms with E-state index < -0.39 is 17.0 Å². The summed E-state index contributed by atoms with van der Waals surface area (Å²) in [6.45, 7) is 0. The molecule has 1 atom stereocenters. The molecule has 1 aromatic heterocycles. The number of hydrogen-bond acceptors (Lipinski definition) is 2. The van der Waals surface area contributed by atoms with Crippen LogP contribution in [0.25, 0.3) is 0 Å². The highest BCUT2D eigenvalue weighted by Crippen LogP contribution is 2.45. The Morgan fingerprint density at radius 3 is 2.65 bits per heavy atom. The van der Waals surface area contributed by atoms with Crippen molar-refractivity contribution in [1.82, 2.24) is 10.3 Å². The molecule has 2 aliphatic carbocycles. The van der Waals surface area contributed by atoms with Gasteiger partial charge in [-0.2, -0.15) is 0 Å². The predicted molar refractivity (Wildman–Crippen MR) is 92.8 cm³/mol. The molecular weight excluding hydrogens is 338 g/mol. The number of aromatic nitrogens is 1. The number of pyridine rings is 1. The summed E-state index contributed by atoms with van der Waals surface area (Å²) >= 11 is 0. The van der Waals surface area contributed by atoms with E-state index in [1.807, 2.05) is 0 Å². The van der Waals surface area contributed by atoms with Crippen LogP contribution in [0.5, 0.6) is 0 Å². The van der Waals surface area contributed by atoms with E-state index in [0.717, 1.165) is 43.0 Å². The highest BCUT2D eigenvalue weighted by atomic mass is 19.1. The third-order valence-corrected chi connectivity index (χ3v) is 5.73.